The molecule has 158 valence electrons. The van der Waals surface area contributed by atoms with E-state index in [0.29, 0.717) is 6.07 Å². The third-order valence-corrected chi connectivity index (χ3v) is 5.96. The average molecular weight is 511 g/mol. The summed E-state index contributed by atoms with van der Waals surface area (Å²) in [6.45, 7) is 0. The Bertz CT molecular complexity index is 1180. The first-order chi connectivity index (χ1) is 13.2. The van der Waals surface area contributed by atoms with Crippen LogP contribution < -0.4 is 10.5 Å². The molecule has 0 unspecified atom stereocenters. The highest BCUT2D eigenvalue weighted by Gasteiger charge is 2.20. The molecular formula is C14H11BrN2O10S2-2. The average Bonchev–Trinajstić information content (AvgIpc) is 2.59. The fourth-order valence-electron chi connectivity index (χ4n) is 2.24. The Labute approximate surface area is 172 Å². The van der Waals surface area contributed by atoms with Crippen LogP contribution in [0.2, 0.25) is 0 Å². The van der Waals surface area contributed by atoms with Crippen molar-refractivity contribution in [3.05, 3.63) is 57.9 Å². The third kappa shape index (κ3) is 5.50. The van der Waals surface area contributed by atoms with Crippen LogP contribution in [0, 0.1) is 10.4 Å². The largest absolute Gasteiger partial charge is 0.769 e. The lowest BCUT2D eigenvalue weighted by Crippen LogP contribution is -2.12. The smallest absolute Gasteiger partial charge is 0.295 e. The molecule has 4 N–H and O–H groups in total. The molecular weight excluding hydrogens is 500 g/mol. The van der Waals surface area contributed by atoms with Gasteiger partial charge in [-0.15, -0.1) is 5.23 Å². The highest BCUT2D eigenvalue weighted by Crippen LogP contribution is 2.34. The lowest BCUT2D eigenvalue weighted by Gasteiger charge is -2.37. The first-order valence-electron chi connectivity index (χ1n) is 7.14. The fraction of sp³-hybridized carbons (Fsp3) is 0. The molecule has 15 heteroatoms. The van der Waals surface area contributed by atoms with Crippen LogP contribution in [0.5, 0.6) is 0 Å². The van der Waals surface area contributed by atoms with Crippen LogP contribution >= 0.6 is 15.9 Å². The Kier molecular flexibility index (Phi) is 6.68. The summed E-state index contributed by atoms with van der Waals surface area (Å²) in [6, 6.07) is 5.44. The Hall–Kier alpha value is -2.08. The second kappa shape index (κ2) is 8.34. The molecule has 0 aliphatic heterocycles. The number of rotatable bonds is 6. The van der Waals surface area contributed by atoms with Gasteiger partial charge in [-0.1, -0.05) is 28.1 Å². The van der Waals surface area contributed by atoms with Gasteiger partial charge in [0.1, 0.15) is 9.79 Å². The van der Waals surface area contributed by atoms with Crippen molar-refractivity contribution in [3.63, 3.8) is 0 Å². The van der Waals surface area contributed by atoms with E-state index >= 15 is 0 Å². The lowest BCUT2D eigenvalue weighted by atomic mass is 10.1. The van der Waals surface area contributed by atoms with Gasteiger partial charge in [0.15, 0.2) is 0 Å². The molecule has 2 aromatic rings. The molecule has 0 spiro atoms. The minimum Gasteiger partial charge on any atom is -0.769 e. The fourth-order valence-corrected chi connectivity index (χ4v) is 4.38. The first-order valence-corrected chi connectivity index (χ1v) is 10.8. The van der Waals surface area contributed by atoms with E-state index in [1.807, 2.05) is 0 Å². The Morgan fingerprint density at radius 1 is 0.897 bits per heavy atom. The molecule has 0 aromatic heterocycles. The maximum absolute atomic E-state index is 11.6. The van der Waals surface area contributed by atoms with Crippen molar-refractivity contribution in [2.45, 2.75) is 9.79 Å². The number of nitrogens with zero attached hydrogens (tertiary/aromatic N) is 2. The summed E-state index contributed by atoms with van der Waals surface area (Å²) in [7, 11) is -9.74. The zero-order chi connectivity index (χ0) is 22.1. The van der Waals surface area contributed by atoms with Gasteiger partial charge in [0.25, 0.3) is 20.2 Å². The summed E-state index contributed by atoms with van der Waals surface area (Å²) in [6.07, 6.45) is 1.04. The van der Waals surface area contributed by atoms with Gasteiger partial charge in [0.05, 0.1) is 5.69 Å². The molecule has 12 nitrogen and oxygen atoms in total. The van der Waals surface area contributed by atoms with Crippen LogP contribution in [-0.4, -0.2) is 36.4 Å². The maximum Gasteiger partial charge on any atom is 0.295 e. The maximum atomic E-state index is 11.6. The minimum absolute atomic E-state index is 0.123. The van der Waals surface area contributed by atoms with Gasteiger partial charge in [-0.25, -0.2) is 0 Å². The minimum atomic E-state index is -4.90. The first kappa shape index (κ1) is 23.2. The topological polar surface area (TPSA) is 202 Å². The van der Waals surface area contributed by atoms with Gasteiger partial charge >= 0.3 is 0 Å². The number of hydrogen-bond acceptors (Lipinski definition) is 10. The molecule has 0 aliphatic rings. The molecule has 0 atom stereocenters. The second-order valence-corrected chi connectivity index (χ2v) is 9.03. The van der Waals surface area contributed by atoms with Crippen LogP contribution in [0.3, 0.4) is 0 Å². The van der Waals surface area contributed by atoms with E-state index in [1.165, 1.54) is 0 Å². The Morgan fingerprint density at radius 2 is 1.41 bits per heavy atom. The summed E-state index contributed by atoms with van der Waals surface area (Å²) >= 11 is 3.01. The van der Waals surface area contributed by atoms with E-state index in [9.17, 15) is 36.4 Å². The van der Waals surface area contributed by atoms with Crippen molar-refractivity contribution in [1.82, 2.24) is 0 Å². The van der Waals surface area contributed by atoms with E-state index < -0.39 is 46.6 Å². The summed E-state index contributed by atoms with van der Waals surface area (Å²) in [5.74, 6) is 0. The molecule has 0 fully saturated rings. The predicted octanol–water partition coefficient (Wildman–Crippen LogP) is 2.46. The van der Waals surface area contributed by atoms with Crippen molar-refractivity contribution in [3.8, 4) is 0 Å². The van der Waals surface area contributed by atoms with Gasteiger partial charge in [0, 0.05) is 15.7 Å². The number of hydrogen-bond donors (Lipinski definition) is 4. The van der Waals surface area contributed by atoms with Gasteiger partial charge in [-0.2, -0.15) is 16.8 Å². The summed E-state index contributed by atoms with van der Waals surface area (Å²) in [5, 5.41) is 38.5. The van der Waals surface area contributed by atoms with Crippen LogP contribution in [0.15, 0.2) is 46.2 Å². The molecule has 0 saturated heterocycles. The molecule has 0 saturated carbocycles. The molecule has 2 rings (SSSR count). The van der Waals surface area contributed by atoms with Crippen LogP contribution in [0.25, 0.3) is 10.6 Å². The molecule has 0 amide bonds. The van der Waals surface area contributed by atoms with E-state index in [-0.39, 0.29) is 20.8 Å². The second-order valence-electron chi connectivity index (χ2n) is 5.39. The van der Waals surface area contributed by atoms with Crippen LogP contribution in [0.1, 0.15) is 11.1 Å². The Morgan fingerprint density at radius 3 is 1.90 bits per heavy atom. The lowest BCUT2D eigenvalue weighted by molar-refractivity contribution is 0.0290. The molecule has 0 aliphatic carbocycles. The van der Waals surface area contributed by atoms with Gasteiger partial charge < -0.3 is 15.6 Å². The zero-order valence-electron chi connectivity index (χ0n) is 13.9. The zero-order valence-corrected chi connectivity index (χ0v) is 17.1. The SMILES string of the molecule is O=S(=O)(O)c1cc(N(O)O)ccc1C=C(Br)c1ccc(N([O-])[O-])cc1S(=O)(=O)O. The van der Waals surface area contributed by atoms with E-state index in [0.717, 1.165) is 36.4 Å². The van der Waals surface area contributed by atoms with Crippen molar-refractivity contribution >= 4 is 58.1 Å². The van der Waals surface area contributed by atoms with Gasteiger partial charge in [-0.05, 0) is 35.9 Å². The molecule has 0 heterocycles. The van der Waals surface area contributed by atoms with Crippen LogP contribution in [0.4, 0.5) is 11.4 Å². The van der Waals surface area contributed by atoms with Crippen molar-refractivity contribution < 1.29 is 36.4 Å². The standard InChI is InChI=1S/C14H11BrN2O10S2/c15-12(11-4-3-10(17(20)21)7-14(11)29(25,26)27)5-8-1-2-9(16(18)19)6-13(8)28(22,23)24/h1-7,18-19H,(H,22,23,24)(H,25,26,27)/q-2. The van der Waals surface area contributed by atoms with Crippen molar-refractivity contribution in [2.24, 2.45) is 0 Å². The van der Waals surface area contributed by atoms with E-state index in [2.05, 4.69) is 15.9 Å². The molecule has 29 heavy (non-hydrogen) atoms. The third-order valence-electron chi connectivity index (χ3n) is 3.50. The number of anilines is 2. The van der Waals surface area contributed by atoms with E-state index in [1.54, 1.807) is 0 Å². The highest BCUT2D eigenvalue weighted by molar-refractivity contribution is 9.15. The van der Waals surface area contributed by atoms with Gasteiger partial charge in [0.2, 0.25) is 0 Å². The quantitative estimate of drug-likeness (QED) is 0.251. The monoisotopic (exact) mass is 510 g/mol. The van der Waals surface area contributed by atoms with Crippen LogP contribution in [-0.2, 0) is 20.2 Å². The summed E-state index contributed by atoms with van der Waals surface area (Å²) < 4.78 is 65.1. The highest BCUT2D eigenvalue weighted by atomic mass is 79.9. The van der Waals surface area contributed by atoms with Crippen molar-refractivity contribution in [1.29, 1.82) is 0 Å². The number of benzene rings is 2. The number of halogens is 1. The summed E-state index contributed by atoms with van der Waals surface area (Å²) in [5.41, 5.74) is -1.46. The van der Waals surface area contributed by atoms with E-state index in [4.69, 9.17) is 10.4 Å². The summed E-state index contributed by atoms with van der Waals surface area (Å²) in [4.78, 5) is -1.58. The normalized spacial score (nSPS) is 12.7. The van der Waals surface area contributed by atoms with Crippen molar-refractivity contribution in [2.75, 3.05) is 10.5 Å². The van der Waals surface area contributed by atoms with Gasteiger partial charge in [-0.3, -0.25) is 19.5 Å². The molecule has 0 bridgehead atoms. The Balaban J connectivity index is 2.72. The molecule has 0 radical (unpaired) electrons. The molecule has 2 aromatic carbocycles. The predicted molar refractivity (Wildman–Crippen MR) is 105 cm³/mol.